The van der Waals surface area contributed by atoms with E-state index < -0.39 is 0 Å². The Kier molecular flexibility index (Phi) is 5.09. The zero-order chi connectivity index (χ0) is 19.8. The molecule has 5 rings (SSSR count). The Morgan fingerprint density at radius 1 is 1.10 bits per heavy atom. The SMILES string of the molecule is O=C(Nc1nc2c(s1)C[NH+](Cc1ccccc1)CC2)c1sc2ccccc2c1Cl. The minimum Gasteiger partial charge on any atom is -0.326 e. The molecular formula is C22H19ClN3OS2+. The van der Waals surface area contributed by atoms with Crippen molar-refractivity contribution in [1.29, 1.82) is 0 Å². The van der Waals surface area contributed by atoms with Gasteiger partial charge in [0, 0.05) is 22.1 Å². The molecule has 1 aliphatic heterocycles. The van der Waals surface area contributed by atoms with Crippen LogP contribution < -0.4 is 10.2 Å². The smallest absolute Gasteiger partial charge is 0.269 e. The van der Waals surface area contributed by atoms with Gasteiger partial charge in [-0.15, -0.1) is 11.3 Å². The molecule has 3 heterocycles. The summed E-state index contributed by atoms with van der Waals surface area (Å²) >= 11 is 9.44. The van der Waals surface area contributed by atoms with Crippen LogP contribution >= 0.6 is 34.3 Å². The van der Waals surface area contributed by atoms with Crippen molar-refractivity contribution in [3.8, 4) is 0 Å². The third kappa shape index (κ3) is 3.81. The van der Waals surface area contributed by atoms with Gasteiger partial charge in [0.2, 0.25) is 0 Å². The van der Waals surface area contributed by atoms with Crippen LogP contribution in [0.4, 0.5) is 5.13 Å². The molecule has 1 atom stereocenters. The molecule has 2 aromatic carbocycles. The number of amides is 1. The molecule has 0 fully saturated rings. The lowest BCUT2D eigenvalue weighted by Gasteiger charge is -2.22. The summed E-state index contributed by atoms with van der Waals surface area (Å²) < 4.78 is 1.02. The van der Waals surface area contributed by atoms with Gasteiger partial charge in [-0.05, 0) is 6.07 Å². The van der Waals surface area contributed by atoms with Crippen LogP contribution in [0.1, 0.15) is 25.8 Å². The normalized spacial score (nSPS) is 16.0. The van der Waals surface area contributed by atoms with Gasteiger partial charge in [-0.3, -0.25) is 10.1 Å². The number of aromatic nitrogens is 1. The summed E-state index contributed by atoms with van der Waals surface area (Å²) in [6.45, 7) is 3.01. The van der Waals surface area contributed by atoms with Crippen LogP contribution in [0.5, 0.6) is 0 Å². The first-order chi connectivity index (χ1) is 14.2. The second kappa shape index (κ2) is 7.88. The number of hydrogen-bond donors (Lipinski definition) is 2. The van der Waals surface area contributed by atoms with Crippen molar-refractivity contribution in [2.75, 3.05) is 11.9 Å². The summed E-state index contributed by atoms with van der Waals surface area (Å²) in [6.07, 6.45) is 0.938. The van der Waals surface area contributed by atoms with Crippen LogP contribution in [-0.2, 0) is 19.5 Å². The number of thiophene rings is 1. The predicted octanol–water partition coefficient (Wildman–Crippen LogP) is 4.40. The molecule has 1 amide bonds. The molecule has 2 aromatic heterocycles. The van der Waals surface area contributed by atoms with E-state index in [9.17, 15) is 4.79 Å². The number of rotatable bonds is 4. The minimum atomic E-state index is -0.184. The molecule has 0 saturated carbocycles. The molecule has 1 aliphatic rings. The average Bonchev–Trinajstić information content (AvgIpc) is 3.29. The largest absolute Gasteiger partial charge is 0.326 e. The second-order valence-electron chi connectivity index (χ2n) is 7.17. The van der Waals surface area contributed by atoms with Crippen molar-refractivity contribution < 1.29 is 9.69 Å². The number of fused-ring (bicyclic) bond motifs is 2. The van der Waals surface area contributed by atoms with E-state index >= 15 is 0 Å². The van der Waals surface area contributed by atoms with Crippen LogP contribution in [-0.4, -0.2) is 17.4 Å². The molecule has 0 bridgehead atoms. The molecule has 7 heteroatoms. The van der Waals surface area contributed by atoms with E-state index in [0.717, 1.165) is 41.8 Å². The van der Waals surface area contributed by atoms with Gasteiger partial charge in [0.15, 0.2) is 5.13 Å². The highest BCUT2D eigenvalue weighted by Gasteiger charge is 2.25. The number of nitrogens with zero attached hydrogens (tertiary/aromatic N) is 1. The van der Waals surface area contributed by atoms with E-state index in [1.54, 1.807) is 11.3 Å². The number of halogens is 1. The van der Waals surface area contributed by atoms with Gasteiger partial charge >= 0.3 is 0 Å². The van der Waals surface area contributed by atoms with E-state index in [4.69, 9.17) is 11.6 Å². The highest BCUT2D eigenvalue weighted by Crippen LogP contribution is 2.36. The zero-order valence-electron chi connectivity index (χ0n) is 15.6. The standard InChI is InChI=1S/C22H18ClN3OS2/c23-19-15-8-4-5-9-17(15)28-20(19)21(27)25-22-24-16-10-11-26(13-18(16)29-22)12-14-6-2-1-3-7-14/h1-9H,10-13H2,(H,24,25,27)/p+1. The number of quaternary nitrogens is 1. The van der Waals surface area contributed by atoms with E-state index in [-0.39, 0.29) is 5.91 Å². The van der Waals surface area contributed by atoms with Crippen LogP contribution in [0.3, 0.4) is 0 Å². The van der Waals surface area contributed by atoms with Gasteiger partial charge in [0.25, 0.3) is 5.91 Å². The van der Waals surface area contributed by atoms with Crippen LogP contribution in [0.2, 0.25) is 5.02 Å². The highest BCUT2D eigenvalue weighted by molar-refractivity contribution is 7.22. The molecule has 1 unspecified atom stereocenters. The maximum Gasteiger partial charge on any atom is 0.269 e. The number of hydrogen-bond acceptors (Lipinski definition) is 4. The summed E-state index contributed by atoms with van der Waals surface area (Å²) in [7, 11) is 0. The number of carbonyl (C=O) groups is 1. The van der Waals surface area contributed by atoms with Crippen molar-refractivity contribution in [1.82, 2.24) is 4.98 Å². The Morgan fingerprint density at radius 2 is 1.90 bits per heavy atom. The molecule has 29 heavy (non-hydrogen) atoms. The fraction of sp³-hybridized carbons (Fsp3) is 0.182. The number of nitrogens with one attached hydrogen (secondary N) is 2. The molecular weight excluding hydrogens is 422 g/mol. The lowest BCUT2D eigenvalue weighted by Crippen LogP contribution is -3.10. The first-order valence-electron chi connectivity index (χ1n) is 9.52. The van der Waals surface area contributed by atoms with Gasteiger partial charge in [-0.25, -0.2) is 4.98 Å². The third-order valence-corrected chi connectivity index (χ3v) is 7.85. The first-order valence-corrected chi connectivity index (χ1v) is 11.5. The van der Waals surface area contributed by atoms with Crippen molar-refractivity contribution in [3.05, 3.63) is 80.6 Å². The lowest BCUT2D eigenvalue weighted by molar-refractivity contribution is -0.929. The zero-order valence-corrected chi connectivity index (χ0v) is 18.0. The van der Waals surface area contributed by atoms with Gasteiger partial charge < -0.3 is 4.90 Å². The van der Waals surface area contributed by atoms with Gasteiger partial charge in [-0.1, -0.05) is 71.5 Å². The van der Waals surface area contributed by atoms with E-state index in [1.807, 2.05) is 30.3 Å². The maximum atomic E-state index is 12.8. The molecule has 146 valence electrons. The number of anilines is 1. The third-order valence-electron chi connectivity index (χ3n) is 5.16. The fourth-order valence-corrected chi connectivity index (χ4v) is 6.22. The number of carbonyl (C=O) groups excluding carboxylic acids is 1. The van der Waals surface area contributed by atoms with Gasteiger partial charge in [-0.2, -0.15) is 0 Å². The second-order valence-corrected chi connectivity index (χ2v) is 9.69. The Balaban J connectivity index is 1.31. The van der Waals surface area contributed by atoms with Crippen LogP contribution in [0, 0.1) is 0 Å². The molecule has 4 aromatic rings. The summed E-state index contributed by atoms with van der Waals surface area (Å²) in [5.41, 5.74) is 2.47. The van der Waals surface area contributed by atoms with Crippen LogP contribution in [0.15, 0.2) is 54.6 Å². The molecule has 0 radical (unpaired) electrons. The maximum absolute atomic E-state index is 12.8. The first kappa shape index (κ1) is 18.8. The molecule has 0 spiro atoms. The van der Waals surface area contributed by atoms with Crippen molar-refractivity contribution in [2.45, 2.75) is 19.5 Å². The summed E-state index contributed by atoms with van der Waals surface area (Å²) in [5.74, 6) is -0.184. The molecule has 2 N–H and O–H groups in total. The van der Waals surface area contributed by atoms with E-state index in [0.29, 0.717) is 15.0 Å². The van der Waals surface area contributed by atoms with Crippen molar-refractivity contribution >= 4 is 55.4 Å². The van der Waals surface area contributed by atoms with Crippen molar-refractivity contribution in [3.63, 3.8) is 0 Å². The summed E-state index contributed by atoms with van der Waals surface area (Å²) in [6, 6.07) is 18.4. The molecule has 0 aliphatic carbocycles. The topological polar surface area (TPSA) is 46.4 Å². The molecule has 0 saturated heterocycles. The van der Waals surface area contributed by atoms with Gasteiger partial charge in [0.05, 0.1) is 22.1 Å². The van der Waals surface area contributed by atoms with Gasteiger partial charge in [0.1, 0.15) is 18.0 Å². The lowest BCUT2D eigenvalue weighted by atomic mass is 10.1. The molecule has 4 nitrogen and oxygen atoms in total. The highest BCUT2D eigenvalue weighted by atomic mass is 35.5. The summed E-state index contributed by atoms with van der Waals surface area (Å²) in [4.78, 5) is 20.8. The average molecular weight is 441 g/mol. The number of thiazole rings is 1. The fourth-order valence-electron chi connectivity index (χ4n) is 3.73. The Labute approximate surface area is 181 Å². The summed E-state index contributed by atoms with van der Waals surface area (Å²) in [5, 5.41) is 5.06. The Morgan fingerprint density at radius 3 is 2.72 bits per heavy atom. The Bertz CT molecular complexity index is 1190. The van der Waals surface area contributed by atoms with E-state index in [2.05, 4.69) is 34.6 Å². The minimum absolute atomic E-state index is 0.184. The quantitative estimate of drug-likeness (QED) is 0.494. The monoisotopic (exact) mass is 440 g/mol. The predicted molar refractivity (Wildman–Crippen MR) is 120 cm³/mol. The Hall–Kier alpha value is -2.25. The van der Waals surface area contributed by atoms with E-state index in [1.165, 1.54) is 26.7 Å². The van der Waals surface area contributed by atoms with Crippen molar-refractivity contribution in [2.24, 2.45) is 0 Å². The number of benzene rings is 2. The van der Waals surface area contributed by atoms with Crippen LogP contribution in [0.25, 0.3) is 10.1 Å².